The van der Waals surface area contributed by atoms with E-state index in [0.29, 0.717) is 17.8 Å². The van der Waals surface area contributed by atoms with Crippen LogP contribution in [0.2, 0.25) is 0 Å². The van der Waals surface area contributed by atoms with Crippen LogP contribution in [0.1, 0.15) is 19.1 Å². The molecule has 0 amide bonds. The third kappa shape index (κ3) is 3.87. The molecular formula is C17H24N8O4. The van der Waals surface area contributed by atoms with Gasteiger partial charge in [-0.1, -0.05) is 0 Å². The Bertz CT molecular complexity index is 946. The summed E-state index contributed by atoms with van der Waals surface area (Å²) in [5.41, 5.74) is 12.2. The molecule has 0 aromatic carbocycles. The van der Waals surface area contributed by atoms with E-state index in [1.807, 2.05) is 10.8 Å². The molecule has 4 rings (SSSR count). The Kier molecular flexibility index (Phi) is 5.58. The number of nitrogens with zero attached hydrogens (tertiary/aromatic N) is 6. The maximum Gasteiger partial charge on any atom is 0.224 e. The van der Waals surface area contributed by atoms with Gasteiger partial charge < -0.3 is 35.7 Å². The Morgan fingerprint density at radius 3 is 2.83 bits per heavy atom. The Balaban J connectivity index is 1.41. The summed E-state index contributed by atoms with van der Waals surface area (Å²) in [6.45, 7) is 0.970. The van der Waals surface area contributed by atoms with Crippen LogP contribution in [0.5, 0.6) is 0 Å². The predicted octanol–water partition coefficient (Wildman–Crippen LogP) is -0.697. The summed E-state index contributed by atoms with van der Waals surface area (Å²) < 4.78 is 15.2. The minimum Gasteiger partial charge on any atom is -0.394 e. The molecule has 3 aromatic rings. The van der Waals surface area contributed by atoms with Gasteiger partial charge in [0, 0.05) is 25.5 Å². The second-order valence-corrected chi connectivity index (χ2v) is 6.87. The van der Waals surface area contributed by atoms with Crippen molar-refractivity contribution in [1.82, 2.24) is 29.1 Å². The Morgan fingerprint density at radius 2 is 2.07 bits per heavy atom. The number of unbranched alkanes of at least 4 members (excludes halogenated alkanes) is 1. The minimum absolute atomic E-state index is 0.00589. The van der Waals surface area contributed by atoms with Crippen LogP contribution in [0, 0.1) is 0 Å². The predicted molar refractivity (Wildman–Crippen MR) is 102 cm³/mol. The number of aryl methyl sites for hydroxylation is 1. The van der Waals surface area contributed by atoms with Crippen molar-refractivity contribution in [2.24, 2.45) is 0 Å². The van der Waals surface area contributed by atoms with E-state index in [4.69, 9.17) is 20.9 Å². The molecule has 1 fully saturated rings. The molecule has 1 unspecified atom stereocenters. The molecule has 0 bridgehead atoms. The average Bonchev–Trinajstić information content (AvgIpc) is 3.41. The zero-order valence-electron chi connectivity index (χ0n) is 15.7. The largest absolute Gasteiger partial charge is 0.394 e. The first-order valence-electron chi connectivity index (χ1n) is 9.35. The number of ether oxygens (including phenoxy) is 2. The first-order valence-corrected chi connectivity index (χ1v) is 9.35. The van der Waals surface area contributed by atoms with Gasteiger partial charge in [-0.3, -0.25) is 4.57 Å². The molecule has 1 saturated heterocycles. The van der Waals surface area contributed by atoms with E-state index in [1.54, 1.807) is 12.5 Å². The maximum atomic E-state index is 10.8. The number of aromatic nitrogens is 6. The summed E-state index contributed by atoms with van der Waals surface area (Å²) in [5, 5.41) is 20.5. The van der Waals surface area contributed by atoms with Gasteiger partial charge in [-0.05, 0) is 12.8 Å². The van der Waals surface area contributed by atoms with Crippen LogP contribution in [0.15, 0.2) is 25.0 Å². The van der Waals surface area contributed by atoms with Crippen molar-refractivity contribution in [2.75, 3.05) is 24.7 Å². The number of nitrogen functional groups attached to an aromatic ring is 2. The topological polar surface area (TPSA) is 172 Å². The van der Waals surface area contributed by atoms with E-state index in [-0.39, 0.29) is 18.4 Å². The van der Waals surface area contributed by atoms with Gasteiger partial charge >= 0.3 is 0 Å². The van der Waals surface area contributed by atoms with Crippen molar-refractivity contribution in [1.29, 1.82) is 0 Å². The highest BCUT2D eigenvalue weighted by atomic mass is 16.6. The van der Waals surface area contributed by atoms with Crippen LogP contribution < -0.4 is 11.5 Å². The number of nitrogens with two attached hydrogens (primary N) is 2. The van der Waals surface area contributed by atoms with Gasteiger partial charge in [-0.2, -0.15) is 9.97 Å². The molecule has 3 aromatic heterocycles. The zero-order valence-corrected chi connectivity index (χ0v) is 15.7. The molecular weight excluding hydrogens is 380 g/mol. The number of hydrogen-bond donors (Lipinski definition) is 4. The number of fused-ring (bicyclic) bond motifs is 1. The second-order valence-electron chi connectivity index (χ2n) is 6.87. The van der Waals surface area contributed by atoms with Crippen LogP contribution in [0.3, 0.4) is 0 Å². The van der Waals surface area contributed by atoms with Gasteiger partial charge in [0.25, 0.3) is 0 Å². The van der Waals surface area contributed by atoms with E-state index >= 15 is 0 Å². The Labute approximate surface area is 166 Å². The lowest BCUT2D eigenvalue weighted by Gasteiger charge is -2.20. The Morgan fingerprint density at radius 1 is 1.21 bits per heavy atom. The van der Waals surface area contributed by atoms with Crippen molar-refractivity contribution in [3.05, 3.63) is 25.0 Å². The van der Waals surface area contributed by atoms with E-state index < -0.39 is 24.5 Å². The normalized spacial score (nSPS) is 24.5. The fraction of sp³-hybridized carbons (Fsp3) is 0.529. The van der Waals surface area contributed by atoms with Gasteiger partial charge in [0.1, 0.15) is 23.8 Å². The molecule has 29 heavy (non-hydrogen) atoms. The molecule has 12 nitrogen and oxygen atoms in total. The lowest BCUT2D eigenvalue weighted by molar-refractivity contribution is -0.0609. The fourth-order valence-electron chi connectivity index (χ4n) is 3.48. The first-order chi connectivity index (χ1) is 14.1. The van der Waals surface area contributed by atoms with Crippen LogP contribution in [-0.2, 0) is 16.0 Å². The summed E-state index contributed by atoms with van der Waals surface area (Å²) in [6, 6.07) is 0. The third-order valence-electron chi connectivity index (χ3n) is 4.91. The lowest BCUT2D eigenvalue weighted by Crippen LogP contribution is -2.36. The number of aliphatic hydroxyl groups is 2. The maximum absolute atomic E-state index is 10.8. The summed E-state index contributed by atoms with van der Waals surface area (Å²) in [7, 11) is 0. The quantitative estimate of drug-likeness (QED) is 0.352. The zero-order chi connectivity index (χ0) is 20.4. The van der Waals surface area contributed by atoms with Crippen LogP contribution in [0.25, 0.3) is 11.2 Å². The first kappa shape index (κ1) is 19.5. The van der Waals surface area contributed by atoms with E-state index in [2.05, 4.69) is 19.9 Å². The molecule has 4 heterocycles. The second kappa shape index (κ2) is 8.29. The van der Waals surface area contributed by atoms with Crippen molar-refractivity contribution in [3.8, 4) is 0 Å². The fourth-order valence-corrected chi connectivity index (χ4v) is 3.48. The van der Waals surface area contributed by atoms with Crippen molar-refractivity contribution < 1.29 is 19.7 Å². The summed E-state index contributed by atoms with van der Waals surface area (Å²) >= 11 is 0. The van der Waals surface area contributed by atoms with Gasteiger partial charge in [0.05, 0.1) is 19.3 Å². The lowest BCUT2D eigenvalue weighted by atomic mass is 10.1. The SMILES string of the molecule is Nc1nc(N)c2ncn(C3O[C@H](CO)[C@@H](OCCCCn4ccnc4)[C@H]3O)c2n1. The van der Waals surface area contributed by atoms with Crippen molar-refractivity contribution in [2.45, 2.75) is 43.9 Å². The molecule has 4 atom stereocenters. The summed E-state index contributed by atoms with van der Waals surface area (Å²) in [6.07, 6.45) is 5.29. The number of hydrogen-bond acceptors (Lipinski definition) is 10. The smallest absolute Gasteiger partial charge is 0.224 e. The highest BCUT2D eigenvalue weighted by Gasteiger charge is 2.45. The molecule has 1 aliphatic heterocycles. The van der Waals surface area contributed by atoms with Crippen LogP contribution >= 0.6 is 0 Å². The molecule has 0 saturated carbocycles. The molecule has 0 radical (unpaired) electrons. The van der Waals surface area contributed by atoms with E-state index in [0.717, 1.165) is 19.4 Å². The van der Waals surface area contributed by atoms with Gasteiger partial charge in [0.15, 0.2) is 17.7 Å². The van der Waals surface area contributed by atoms with Gasteiger partial charge in [-0.15, -0.1) is 0 Å². The molecule has 1 aliphatic rings. The summed E-state index contributed by atoms with van der Waals surface area (Å²) in [4.78, 5) is 16.2. The third-order valence-corrected chi connectivity index (χ3v) is 4.91. The average molecular weight is 404 g/mol. The monoisotopic (exact) mass is 404 g/mol. The molecule has 0 aliphatic carbocycles. The number of rotatable bonds is 8. The number of aliphatic hydroxyl groups excluding tert-OH is 2. The highest BCUT2D eigenvalue weighted by molar-refractivity contribution is 5.82. The number of anilines is 2. The molecule has 0 spiro atoms. The van der Waals surface area contributed by atoms with Crippen LogP contribution in [0.4, 0.5) is 11.8 Å². The summed E-state index contributed by atoms with van der Waals surface area (Å²) in [5.74, 6) is 0.136. The van der Waals surface area contributed by atoms with E-state index in [1.165, 1.54) is 10.9 Å². The molecule has 156 valence electrons. The Hall–Kier alpha value is -2.80. The highest BCUT2D eigenvalue weighted by Crippen LogP contribution is 2.33. The number of imidazole rings is 2. The van der Waals surface area contributed by atoms with Crippen LogP contribution in [-0.4, -0.2) is 70.8 Å². The van der Waals surface area contributed by atoms with E-state index in [9.17, 15) is 10.2 Å². The van der Waals surface area contributed by atoms with Crippen molar-refractivity contribution >= 4 is 22.9 Å². The molecule has 6 N–H and O–H groups in total. The standard InChI is InChI=1S/C17H24N8O4/c18-14-11-15(23-17(19)22-14)25(9-21-11)16-12(27)13(10(7-26)29-16)28-6-2-1-4-24-5-3-20-8-24/h3,5,8-10,12-13,16,26-27H,1-2,4,6-7H2,(H4,18,19,22,23)/t10-,12-,13-,16?/m1/s1. The molecule has 12 heteroatoms. The van der Waals surface area contributed by atoms with Gasteiger partial charge in [-0.25, -0.2) is 9.97 Å². The van der Waals surface area contributed by atoms with Crippen molar-refractivity contribution in [3.63, 3.8) is 0 Å². The van der Waals surface area contributed by atoms with Gasteiger partial charge in [0.2, 0.25) is 5.95 Å². The minimum atomic E-state index is -1.03.